The van der Waals surface area contributed by atoms with E-state index in [2.05, 4.69) is 25.3 Å². The Balaban J connectivity index is 1.68. The molecule has 1 aromatic carbocycles. The van der Waals surface area contributed by atoms with Crippen LogP contribution in [0.25, 0.3) is 33.5 Å². The van der Waals surface area contributed by atoms with Gasteiger partial charge in [-0.25, -0.2) is 4.68 Å². The van der Waals surface area contributed by atoms with Crippen LogP contribution in [0.1, 0.15) is 31.3 Å². The van der Waals surface area contributed by atoms with E-state index in [1.54, 1.807) is 23.0 Å². The molecule has 8 nitrogen and oxygen atoms in total. The van der Waals surface area contributed by atoms with E-state index in [4.69, 9.17) is 21.1 Å². The molecule has 0 radical (unpaired) electrons. The van der Waals surface area contributed by atoms with Crippen LogP contribution in [0.4, 0.5) is 13.2 Å². The number of halogens is 4. The van der Waals surface area contributed by atoms with Crippen LogP contribution in [-0.4, -0.2) is 43.7 Å². The number of methoxy groups -OCH3 is 1. The number of nitrogens with zero attached hydrogens (tertiary/aromatic N) is 4. The minimum absolute atomic E-state index is 0.0553. The Bertz CT molecular complexity index is 1270. The number of ether oxygens (including phenoxy) is 2. The largest absolute Gasteiger partial charge is 0.495 e. The van der Waals surface area contributed by atoms with E-state index in [0.717, 1.165) is 19.3 Å². The molecule has 0 aliphatic carbocycles. The van der Waals surface area contributed by atoms with Crippen molar-refractivity contribution in [2.24, 2.45) is 0 Å². The third-order valence-electron chi connectivity index (χ3n) is 5.40. The fourth-order valence-corrected chi connectivity index (χ4v) is 4.13. The van der Waals surface area contributed by atoms with Crippen molar-refractivity contribution in [3.8, 4) is 28.4 Å². The molecule has 3 aromatic heterocycles. The summed E-state index contributed by atoms with van der Waals surface area (Å²) in [6, 6.07) is 3.38. The molecular formula is C20H18ClF3N6O2. The maximum Gasteiger partial charge on any atom is 0.451 e. The van der Waals surface area contributed by atoms with Gasteiger partial charge in [-0.3, -0.25) is 0 Å². The van der Waals surface area contributed by atoms with Gasteiger partial charge in [-0.05, 0) is 31.4 Å². The van der Waals surface area contributed by atoms with Gasteiger partial charge in [0.15, 0.2) is 5.82 Å². The highest BCUT2D eigenvalue weighted by atomic mass is 35.5. The summed E-state index contributed by atoms with van der Waals surface area (Å²) in [5, 5.41) is 12.5. The molecule has 12 heteroatoms. The van der Waals surface area contributed by atoms with Crippen molar-refractivity contribution in [3.63, 3.8) is 0 Å². The number of fused-ring (bicyclic) bond motifs is 1. The monoisotopic (exact) mass is 466 g/mol. The van der Waals surface area contributed by atoms with Crippen molar-refractivity contribution in [1.82, 2.24) is 29.9 Å². The summed E-state index contributed by atoms with van der Waals surface area (Å²) in [4.78, 5) is 5.37. The number of alkyl halides is 3. The number of benzene rings is 1. The summed E-state index contributed by atoms with van der Waals surface area (Å²) >= 11 is 6.26. The molecule has 0 bridgehead atoms. The summed E-state index contributed by atoms with van der Waals surface area (Å²) in [5.41, 5.74) is 2.21. The van der Waals surface area contributed by atoms with Gasteiger partial charge in [-0.15, -0.1) is 10.2 Å². The van der Waals surface area contributed by atoms with Crippen LogP contribution in [0.3, 0.4) is 0 Å². The van der Waals surface area contributed by atoms with Crippen LogP contribution < -0.4 is 4.74 Å². The molecule has 2 N–H and O–H groups in total. The van der Waals surface area contributed by atoms with Gasteiger partial charge in [-0.1, -0.05) is 11.6 Å². The summed E-state index contributed by atoms with van der Waals surface area (Å²) in [7, 11) is 1.49. The van der Waals surface area contributed by atoms with Gasteiger partial charge in [0, 0.05) is 34.8 Å². The molecule has 0 spiro atoms. The van der Waals surface area contributed by atoms with Crippen molar-refractivity contribution in [2.75, 3.05) is 13.7 Å². The topological polar surface area (TPSA) is 93.6 Å². The Morgan fingerprint density at radius 2 is 2.06 bits per heavy atom. The Morgan fingerprint density at radius 3 is 2.75 bits per heavy atom. The molecular weight excluding hydrogens is 449 g/mol. The predicted octanol–water partition coefficient (Wildman–Crippen LogP) is 5.20. The molecule has 1 fully saturated rings. The average molecular weight is 467 g/mol. The molecule has 4 aromatic rings. The van der Waals surface area contributed by atoms with E-state index >= 15 is 0 Å². The van der Waals surface area contributed by atoms with Gasteiger partial charge in [0.1, 0.15) is 12.0 Å². The first-order valence-corrected chi connectivity index (χ1v) is 10.3. The van der Waals surface area contributed by atoms with E-state index in [1.807, 2.05) is 6.20 Å². The highest BCUT2D eigenvalue weighted by Gasteiger charge is 2.36. The van der Waals surface area contributed by atoms with E-state index in [-0.39, 0.29) is 12.1 Å². The van der Waals surface area contributed by atoms with E-state index in [0.29, 0.717) is 45.1 Å². The van der Waals surface area contributed by atoms with Crippen LogP contribution in [0.2, 0.25) is 5.02 Å². The number of aromatic nitrogens is 6. The SMILES string of the molecule is COc1cc2c(-c3cnn(C4CCCCO4)c3)c(-c3nnc(C(F)(F)F)[nH]3)[nH]c2cc1Cl. The maximum atomic E-state index is 13.1. The lowest BCUT2D eigenvalue weighted by molar-refractivity contribution is -0.144. The minimum atomic E-state index is -4.65. The van der Waals surface area contributed by atoms with Crippen LogP contribution in [0.5, 0.6) is 5.75 Å². The maximum absolute atomic E-state index is 13.1. The van der Waals surface area contributed by atoms with Crippen molar-refractivity contribution in [2.45, 2.75) is 31.7 Å². The lowest BCUT2D eigenvalue weighted by Crippen LogP contribution is -2.18. The van der Waals surface area contributed by atoms with Crippen LogP contribution in [-0.2, 0) is 10.9 Å². The van der Waals surface area contributed by atoms with Gasteiger partial charge in [-0.2, -0.15) is 18.3 Å². The quantitative estimate of drug-likeness (QED) is 0.431. The summed E-state index contributed by atoms with van der Waals surface area (Å²) < 4.78 is 52.2. The first-order valence-electron chi connectivity index (χ1n) is 9.90. The second kappa shape index (κ2) is 7.82. The standard InChI is InChI=1S/C20H18ClF3N6O2/c1-31-14-6-11-13(7-12(14)21)26-17(18-27-19(29-28-18)20(22,23)24)16(11)10-8-25-30(9-10)15-4-2-3-5-32-15/h6-9,15,26H,2-5H2,1H3,(H,27,28,29). The van der Waals surface area contributed by atoms with Crippen molar-refractivity contribution >= 4 is 22.5 Å². The molecule has 5 rings (SSSR count). The number of H-pyrrole nitrogens is 2. The summed E-state index contributed by atoms with van der Waals surface area (Å²) in [6.07, 6.45) is 1.50. The fraction of sp³-hybridized carbons (Fsp3) is 0.350. The molecule has 1 atom stereocenters. The highest BCUT2D eigenvalue weighted by Crippen LogP contribution is 2.41. The fourth-order valence-electron chi connectivity index (χ4n) is 3.89. The first-order chi connectivity index (χ1) is 15.3. The molecule has 168 valence electrons. The number of hydrogen-bond donors (Lipinski definition) is 2. The third kappa shape index (κ3) is 3.61. The molecule has 1 unspecified atom stereocenters. The summed E-state index contributed by atoms with van der Waals surface area (Å²) in [6.45, 7) is 0.659. The minimum Gasteiger partial charge on any atom is -0.495 e. The smallest absolute Gasteiger partial charge is 0.451 e. The Labute approximate surface area is 184 Å². The van der Waals surface area contributed by atoms with Gasteiger partial charge in [0.25, 0.3) is 0 Å². The number of rotatable bonds is 4. The molecule has 0 saturated carbocycles. The van der Waals surface area contributed by atoms with E-state index in [9.17, 15) is 13.2 Å². The average Bonchev–Trinajstić information content (AvgIpc) is 3.50. The van der Waals surface area contributed by atoms with Crippen LogP contribution in [0.15, 0.2) is 24.5 Å². The highest BCUT2D eigenvalue weighted by molar-refractivity contribution is 6.33. The van der Waals surface area contributed by atoms with Crippen molar-refractivity contribution in [1.29, 1.82) is 0 Å². The number of hydrogen-bond acceptors (Lipinski definition) is 5. The van der Waals surface area contributed by atoms with Gasteiger partial charge >= 0.3 is 6.18 Å². The van der Waals surface area contributed by atoms with Crippen molar-refractivity contribution < 1.29 is 22.6 Å². The first kappa shape index (κ1) is 20.8. The van der Waals surface area contributed by atoms with Gasteiger partial charge < -0.3 is 19.4 Å². The normalized spacial score (nSPS) is 17.2. The Hall–Kier alpha value is -3.05. The van der Waals surface area contributed by atoms with Gasteiger partial charge in [0.2, 0.25) is 5.82 Å². The molecule has 1 saturated heterocycles. The van der Waals surface area contributed by atoms with E-state index in [1.165, 1.54) is 7.11 Å². The lowest BCUT2D eigenvalue weighted by Gasteiger charge is -2.22. The zero-order chi connectivity index (χ0) is 22.5. The van der Waals surface area contributed by atoms with E-state index < -0.39 is 12.0 Å². The second-order valence-electron chi connectivity index (χ2n) is 7.46. The number of nitrogens with one attached hydrogen (secondary N) is 2. The molecule has 1 aliphatic heterocycles. The zero-order valence-electron chi connectivity index (χ0n) is 16.8. The Morgan fingerprint density at radius 1 is 1.22 bits per heavy atom. The van der Waals surface area contributed by atoms with Crippen LogP contribution in [0, 0.1) is 0 Å². The molecule has 32 heavy (non-hydrogen) atoms. The molecule has 4 heterocycles. The second-order valence-corrected chi connectivity index (χ2v) is 7.86. The Kier molecular flexibility index (Phi) is 5.09. The molecule has 0 amide bonds. The van der Waals surface area contributed by atoms with Crippen LogP contribution >= 0.6 is 11.6 Å². The lowest BCUT2D eigenvalue weighted by atomic mass is 10.0. The van der Waals surface area contributed by atoms with Crippen molar-refractivity contribution in [3.05, 3.63) is 35.4 Å². The molecule has 1 aliphatic rings. The van der Waals surface area contributed by atoms with Gasteiger partial charge in [0.05, 0.1) is 24.0 Å². The predicted molar refractivity (Wildman–Crippen MR) is 110 cm³/mol. The third-order valence-corrected chi connectivity index (χ3v) is 5.70. The number of aromatic amines is 2. The zero-order valence-corrected chi connectivity index (χ0v) is 17.6. The summed E-state index contributed by atoms with van der Waals surface area (Å²) in [5.74, 6) is -0.804.